The number of halogens is 3. The summed E-state index contributed by atoms with van der Waals surface area (Å²) in [5.41, 5.74) is 1.78. The van der Waals surface area contributed by atoms with E-state index in [0.717, 1.165) is 18.1 Å². The van der Waals surface area contributed by atoms with Crippen LogP contribution in [0.1, 0.15) is 31.4 Å². The number of nitrogens with one attached hydrogen (secondary N) is 1. The first-order valence-electron chi connectivity index (χ1n) is 5.48. The Labute approximate surface area is 109 Å². The van der Waals surface area contributed by atoms with Crippen LogP contribution in [-0.4, -0.2) is 7.05 Å². The molecule has 1 unspecified atom stereocenters. The molecule has 0 aromatic heterocycles. The van der Waals surface area contributed by atoms with Crippen LogP contribution in [0.3, 0.4) is 0 Å². The predicted molar refractivity (Wildman–Crippen MR) is 69.9 cm³/mol. The van der Waals surface area contributed by atoms with E-state index in [9.17, 15) is 8.78 Å². The fourth-order valence-corrected chi connectivity index (χ4v) is 2.21. The lowest BCUT2D eigenvalue weighted by Crippen LogP contribution is -2.18. The van der Waals surface area contributed by atoms with Gasteiger partial charge in [0.2, 0.25) is 0 Å². The molecule has 1 atom stereocenters. The maximum Gasteiger partial charge on any atom is 0.173 e. The molecule has 1 rings (SSSR count). The minimum Gasteiger partial charge on any atom is -0.313 e. The van der Waals surface area contributed by atoms with Crippen LogP contribution in [0.4, 0.5) is 8.78 Å². The number of rotatable bonds is 5. The molecule has 0 heterocycles. The monoisotopic (exact) mass is 303 g/mol. The highest BCUT2D eigenvalue weighted by Crippen LogP contribution is 2.31. The van der Waals surface area contributed by atoms with Gasteiger partial charge in [-0.15, -0.1) is 0 Å². The fraction of sp³-hybridized carbons (Fsp3) is 0.385. The normalized spacial score (nSPS) is 12.5. The van der Waals surface area contributed by atoms with Crippen LogP contribution in [0.15, 0.2) is 28.8 Å². The summed E-state index contributed by atoms with van der Waals surface area (Å²) in [5.74, 6) is -1.69. The molecule has 0 aliphatic heterocycles. The van der Waals surface area contributed by atoms with Gasteiger partial charge in [0.1, 0.15) is 0 Å². The van der Waals surface area contributed by atoms with Crippen molar-refractivity contribution in [3.05, 3.63) is 46.0 Å². The summed E-state index contributed by atoms with van der Waals surface area (Å²) in [7, 11) is 1.79. The van der Waals surface area contributed by atoms with Crippen molar-refractivity contribution in [3.8, 4) is 0 Å². The van der Waals surface area contributed by atoms with Gasteiger partial charge in [0.15, 0.2) is 11.6 Å². The Bertz CT molecular complexity index is 418. The maximum atomic E-state index is 13.4. The van der Waals surface area contributed by atoms with E-state index in [1.165, 1.54) is 0 Å². The summed E-state index contributed by atoms with van der Waals surface area (Å²) in [5, 5.41) is 3.09. The van der Waals surface area contributed by atoms with E-state index in [2.05, 4.69) is 27.8 Å². The third kappa shape index (κ3) is 3.36. The molecule has 0 fully saturated rings. The zero-order valence-corrected chi connectivity index (χ0v) is 11.6. The number of benzene rings is 1. The molecule has 0 saturated heterocycles. The predicted octanol–water partition coefficient (Wildman–Crippen LogP) is 4.34. The molecule has 0 amide bonds. The van der Waals surface area contributed by atoms with Gasteiger partial charge < -0.3 is 5.32 Å². The summed E-state index contributed by atoms with van der Waals surface area (Å²) in [6.07, 6.45) is 1.58. The van der Waals surface area contributed by atoms with E-state index in [-0.39, 0.29) is 10.5 Å². The van der Waals surface area contributed by atoms with E-state index in [1.54, 1.807) is 13.1 Å². The van der Waals surface area contributed by atoms with Crippen molar-refractivity contribution >= 4 is 15.9 Å². The Morgan fingerprint density at radius 2 is 2.12 bits per heavy atom. The number of hydrogen-bond acceptors (Lipinski definition) is 1. The molecule has 4 heteroatoms. The molecule has 0 aliphatic carbocycles. The van der Waals surface area contributed by atoms with Crippen molar-refractivity contribution in [2.75, 3.05) is 7.05 Å². The lowest BCUT2D eigenvalue weighted by Gasteiger charge is -2.19. The summed E-state index contributed by atoms with van der Waals surface area (Å²) in [6, 6.07) is 2.67. The Morgan fingerprint density at radius 1 is 1.47 bits per heavy atom. The zero-order chi connectivity index (χ0) is 13.0. The van der Waals surface area contributed by atoms with Gasteiger partial charge in [0.25, 0.3) is 0 Å². The van der Waals surface area contributed by atoms with E-state index in [1.807, 2.05) is 6.92 Å². The molecule has 0 aliphatic rings. The van der Waals surface area contributed by atoms with E-state index in [4.69, 9.17) is 0 Å². The highest BCUT2D eigenvalue weighted by molar-refractivity contribution is 9.10. The van der Waals surface area contributed by atoms with Crippen molar-refractivity contribution in [3.63, 3.8) is 0 Å². The Hall–Kier alpha value is -0.740. The van der Waals surface area contributed by atoms with E-state index in [0.29, 0.717) is 12.0 Å². The van der Waals surface area contributed by atoms with Gasteiger partial charge in [-0.3, -0.25) is 0 Å². The lowest BCUT2D eigenvalue weighted by atomic mass is 9.98. The zero-order valence-electron chi connectivity index (χ0n) is 9.99. The molecule has 1 N–H and O–H groups in total. The molecular formula is C13H16BrF2N. The van der Waals surface area contributed by atoms with Crippen molar-refractivity contribution in [2.24, 2.45) is 0 Å². The Kier molecular flexibility index (Phi) is 5.28. The van der Waals surface area contributed by atoms with Gasteiger partial charge in [0, 0.05) is 6.04 Å². The molecular weight excluding hydrogens is 288 g/mol. The summed E-state index contributed by atoms with van der Waals surface area (Å²) >= 11 is 3.10. The standard InChI is InChI=1S/C13H16BrF2N/c1-4-8(2)7-11(17-3)9-5-6-10(15)13(16)12(9)14/h5-6,11,17H,2,4,7H2,1,3H3. The molecule has 0 saturated carbocycles. The minimum atomic E-state index is -0.843. The van der Waals surface area contributed by atoms with Crippen LogP contribution in [0.25, 0.3) is 0 Å². The van der Waals surface area contributed by atoms with Gasteiger partial charge in [-0.05, 0) is 47.4 Å². The van der Waals surface area contributed by atoms with Gasteiger partial charge in [-0.2, -0.15) is 0 Å². The van der Waals surface area contributed by atoms with Crippen molar-refractivity contribution in [2.45, 2.75) is 25.8 Å². The second kappa shape index (κ2) is 6.26. The SMILES string of the molecule is C=C(CC)CC(NC)c1ccc(F)c(F)c1Br. The Balaban J connectivity index is 3.04. The maximum absolute atomic E-state index is 13.4. The molecule has 0 radical (unpaired) electrons. The second-order valence-electron chi connectivity index (χ2n) is 3.91. The quantitative estimate of drug-likeness (QED) is 0.630. The molecule has 0 spiro atoms. The minimum absolute atomic E-state index is 0.0630. The van der Waals surface area contributed by atoms with Crippen molar-refractivity contribution in [1.82, 2.24) is 5.32 Å². The molecule has 1 aromatic carbocycles. The molecule has 17 heavy (non-hydrogen) atoms. The fourth-order valence-electron chi connectivity index (χ4n) is 1.61. The van der Waals surface area contributed by atoms with Crippen molar-refractivity contribution in [1.29, 1.82) is 0 Å². The first-order chi connectivity index (χ1) is 8.01. The van der Waals surface area contributed by atoms with Crippen LogP contribution >= 0.6 is 15.9 Å². The topological polar surface area (TPSA) is 12.0 Å². The molecule has 1 aromatic rings. The van der Waals surface area contributed by atoms with E-state index >= 15 is 0 Å². The average molecular weight is 304 g/mol. The lowest BCUT2D eigenvalue weighted by molar-refractivity contribution is 0.495. The third-order valence-electron chi connectivity index (χ3n) is 2.78. The van der Waals surface area contributed by atoms with Gasteiger partial charge in [-0.1, -0.05) is 25.1 Å². The average Bonchev–Trinajstić information content (AvgIpc) is 2.33. The smallest absolute Gasteiger partial charge is 0.173 e. The Morgan fingerprint density at radius 3 is 2.65 bits per heavy atom. The first kappa shape index (κ1) is 14.3. The molecule has 0 bridgehead atoms. The van der Waals surface area contributed by atoms with Crippen LogP contribution in [0.2, 0.25) is 0 Å². The van der Waals surface area contributed by atoms with Crippen LogP contribution in [0, 0.1) is 11.6 Å². The summed E-state index contributed by atoms with van der Waals surface area (Å²) in [6.45, 7) is 5.96. The van der Waals surface area contributed by atoms with Crippen LogP contribution in [-0.2, 0) is 0 Å². The van der Waals surface area contributed by atoms with Gasteiger partial charge in [-0.25, -0.2) is 8.78 Å². The highest BCUT2D eigenvalue weighted by Gasteiger charge is 2.18. The molecule has 94 valence electrons. The third-order valence-corrected chi connectivity index (χ3v) is 3.59. The summed E-state index contributed by atoms with van der Waals surface area (Å²) in [4.78, 5) is 0. The second-order valence-corrected chi connectivity index (χ2v) is 4.71. The van der Waals surface area contributed by atoms with Crippen LogP contribution in [0.5, 0.6) is 0 Å². The van der Waals surface area contributed by atoms with Crippen molar-refractivity contribution < 1.29 is 8.78 Å². The highest BCUT2D eigenvalue weighted by atomic mass is 79.9. The van der Waals surface area contributed by atoms with Gasteiger partial charge >= 0.3 is 0 Å². The molecule has 1 nitrogen and oxygen atoms in total. The summed E-state index contributed by atoms with van der Waals surface area (Å²) < 4.78 is 26.6. The first-order valence-corrected chi connectivity index (χ1v) is 6.27. The number of hydrogen-bond donors (Lipinski definition) is 1. The largest absolute Gasteiger partial charge is 0.313 e. The van der Waals surface area contributed by atoms with Gasteiger partial charge in [0.05, 0.1) is 4.47 Å². The van der Waals surface area contributed by atoms with Crippen LogP contribution < -0.4 is 5.32 Å². The van der Waals surface area contributed by atoms with E-state index < -0.39 is 11.6 Å².